The van der Waals surface area contributed by atoms with E-state index in [4.69, 9.17) is 5.73 Å². The Bertz CT molecular complexity index is 433. The van der Waals surface area contributed by atoms with Crippen molar-refractivity contribution < 1.29 is 9.59 Å². The van der Waals surface area contributed by atoms with Crippen molar-refractivity contribution in [3.8, 4) is 0 Å². The number of benzene rings is 1. The van der Waals surface area contributed by atoms with Crippen LogP contribution >= 0.6 is 0 Å². The number of rotatable bonds is 3. The van der Waals surface area contributed by atoms with Crippen LogP contribution in [0.2, 0.25) is 0 Å². The van der Waals surface area contributed by atoms with Crippen LogP contribution in [0.5, 0.6) is 0 Å². The molecule has 0 radical (unpaired) electrons. The molecule has 5 nitrogen and oxygen atoms in total. The zero-order chi connectivity index (χ0) is 13.8. The van der Waals surface area contributed by atoms with Gasteiger partial charge >= 0.3 is 6.03 Å². The summed E-state index contributed by atoms with van der Waals surface area (Å²) in [5.41, 5.74) is 6.20. The van der Waals surface area contributed by atoms with Crippen molar-refractivity contribution in [3.63, 3.8) is 0 Å². The predicted molar refractivity (Wildman–Crippen MR) is 70.9 cm³/mol. The molecule has 0 bridgehead atoms. The number of nitrogens with two attached hydrogens (primary N) is 1. The average Bonchev–Trinajstić information content (AvgIpc) is 2.25. The summed E-state index contributed by atoms with van der Waals surface area (Å²) in [5, 5.41) is 5.32. The molecule has 0 aliphatic carbocycles. The molecule has 0 atom stereocenters. The fraction of sp³-hybridized carbons (Fsp3) is 0.385. The number of hydrogen-bond acceptors (Lipinski definition) is 2. The van der Waals surface area contributed by atoms with Crippen LogP contribution in [-0.4, -0.2) is 11.9 Å². The molecule has 4 N–H and O–H groups in total. The van der Waals surface area contributed by atoms with E-state index < -0.39 is 11.4 Å². The lowest BCUT2D eigenvalue weighted by atomic mass is 9.95. The van der Waals surface area contributed by atoms with Gasteiger partial charge < -0.3 is 16.4 Å². The van der Waals surface area contributed by atoms with E-state index in [2.05, 4.69) is 10.6 Å². The minimum atomic E-state index is -0.594. The van der Waals surface area contributed by atoms with Gasteiger partial charge in [-0.2, -0.15) is 0 Å². The minimum Gasteiger partial charge on any atom is -0.352 e. The fourth-order valence-corrected chi connectivity index (χ4v) is 1.30. The van der Waals surface area contributed by atoms with Crippen LogP contribution in [0, 0.1) is 5.41 Å². The normalized spacial score (nSPS) is 10.8. The number of urea groups is 1. The second-order valence-electron chi connectivity index (χ2n) is 5.12. The Hall–Kier alpha value is -2.04. The lowest BCUT2D eigenvalue weighted by molar-refractivity contribution is -0.128. The topological polar surface area (TPSA) is 84.2 Å². The van der Waals surface area contributed by atoms with Gasteiger partial charge in [-0.15, -0.1) is 0 Å². The SMILES string of the molecule is CC(C)(C)C(=O)NCc1ccc(NC(N)=O)cc1. The molecule has 0 heterocycles. The second kappa shape index (κ2) is 5.53. The maximum Gasteiger partial charge on any atom is 0.316 e. The Morgan fingerprint density at radius 1 is 1.17 bits per heavy atom. The Labute approximate surface area is 107 Å². The third kappa shape index (κ3) is 4.45. The maximum atomic E-state index is 11.7. The number of carbonyl (C=O) groups is 2. The highest BCUT2D eigenvalue weighted by Gasteiger charge is 2.20. The van der Waals surface area contributed by atoms with Crippen molar-refractivity contribution in [2.45, 2.75) is 27.3 Å². The number of anilines is 1. The summed E-state index contributed by atoms with van der Waals surface area (Å²) in [4.78, 5) is 22.3. The Balaban J connectivity index is 2.54. The van der Waals surface area contributed by atoms with Gasteiger partial charge in [0.15, 0.2) is 0 Å². The first-order chi connectivity index (χ1) is 8.29. The van der Waals surface area contributed by atoms with E-state index in [0.29, 0.717) is 12.2 Å². The lowest BCUT2D eigenvalue weighted by Crippen LogP contribution is -2.34. The molecule has 0 unspecified atom stereocenters. The number of hydrogen-bond donors (Lipinski definition) is 3. The van der Waals surface area contributed by atoms with Crippen LogP contribution in [0.1, 0.15) is 26.3 Å². The van der Waals surface area contributed by atoms with Gasteiger partial charge in [0, 0.05) is 17.6 Å². The summed E-state index contributed by atoms with van der Waals surface area (Å²) in [6, 6.07) is 6.54. The molecule has 0 aromatic heterocycles. The molecule has 0 aliphatic rings. The monoisotopic (exact) mass is 249 g/mol. The van der Waals surface area contributed by atoms with Crippen molar-refractivity contribution in [1.82, 2.24) is 5.32 Å². The molecule has 0 saturated carbocycles. The molecular weight excluding hydrogens is 230 g/mol. The number of primary amides is 1. The first-order valence-electron chi connectivity index (χ1n) is 5.73. The van der Waals surface area contributed by atoms with E-state index in [1.807, 2.05) is 32.9 Å². The van der Waals surface area contributed by atoms with Gasteiger partial charge in [0.1, 0.15) is 0 Å². The van der Waals surface area contributed by atoms with Crippen LogP contribution in [-0.2, 0) is 11.3 Å². The van der Waals surface area contributed by atoms with E-state index in [0.717, 1.165) is 5.56 Å². The summed E-state index contributed by atoms with van der Waals surface area (Å²) < 4.78 is 0. The first kappa shape index (κ1) is 14.0. The highest BCUT2D eigenvalue weighted by Crippen LogP contribution is 2.13. The molecule has 1 rings (SSSR count). The smallest absolute Gasteiger partial charge is 0.316 e. The predicted octanol–water partition coefficient (Wildman–Crippen LogP) is 1.84. The molecular formula is C13H19N3O2. The highest BCUT2D eigenvalue weighted by molar-refractivity contribution is 5.87. The summed E-state index contributed by atoms with van der Waals surface area (Å²) in [5.74, 6) is 0.00170. The van der Waals surface area contributed by atoms with Gasteiger partial charge in [-0.05, 0) is 17.7 Å². The van der Waals surface area contributed by atoms with Gasteiger partial charge in [-0.3, -0.25) is 4.79 Å². The summed E-state index contributed by atoms with van der Waals surface area (Å²) in [7, 11) is 0. The largest absolute Gasteiger partial charge is 0.352 e. The quantitative estimate of drug-likeness (QED) is 0.763. The van der Waals surface area contributed by atoms with Gasteiger partial charge in [-0.1, -0.05) is 32.9 Å². The molecule has 98 valence electrons. The Morgan fingerprint density at radius 2 is 1.72 bits per heavy atom. The average molecular weight is 249 g/mol. The number of carbonyl (C=O) groups excluding carboxylic acids is 2. The van der Waals surface area contributed by atoms with Crippen molar-refractivity contribution in [2.75, 3.05) is 5.32 Å². The zero-order valence-electron chi connectivity index (χ0n) is 10.9. The summed E-state index contributed by atoms with van der Waals surface area (Å²) in [6.07, 6.45) is 0. The standard InChI is InChI=1S/C13H19N3O2/c1-13(2,3)11(17)15-8-9-4-6-10(7-5-9)16-12(14)18/h4-7H,8H2,1-3H3,(H,15,17)(H3,14,16,18). The zero-order valence-corrected chi connectivity index (χ0v) is 10.9. The molecule has 3 amide bonds. The van der Waals surface area contributed by atoms with Gasteiger partial charge in [0.25, 0.3) is 0 Å². The second-order valence-corrected chi connectivity index (χ2v) is 5.12. The Kier molecular flexibility index (Phi) is 4.31. The molecule has 0 spiro atoms. The molecule has 1 aromatic rings. The summed E-state index contributed by atoms with van der Waals surface area (Å²) >= 11 is 0. The van der Waals surface area contributed by atoms with E-state index >= 15 is 0 Å². The third-order valence-electron chi connectivity index (χ3n) is 2.36. The van der Waals surface area contributed by atoms with Crippen LogP contribution < -0.4 is 16.4 Å². The molecule has 0 saturated heterocycles. The first-order valence-corrected chi connectivity index (χ1v) is 5.73. The van der Waals surface area contributed by atoms with Gasteiger partial charge in [0.05, 0.1) is 0 Å². The van der Waals surface area contributed by atoms with Crippen LogP contribution in [0.15, 0.2) is 24.3 Å². The van der Waals surface area contributed by atoms with E-state index in [1.54, 1.807) is 12.1 Å². The van der Waals surface area contributed by atoms with Crippen LogP contribution in [0.4, 0.5) is 10.5 Å². The van der Waals surface area contributed by atoms with Crippen LogP contribution in [0.3, 0.4) is 0 Å². The van der Waals surface area contributed by atoms with Crippen molar-refractivity contribution in [2.24, 2.45) is 11.1 Å². The van der Waals surface area contributed by atoms with Gasteiger partial charge in [-0.25, -0.2) is 4.79 Å². The van der Waals surface area contributed by atoms with E-state index in [1.165, 1.54) is 0 Å². The molecule has 0 fully saturated rings. The third-order valence-corrected chi connectivity index (χ3v) is 2.36. The van der Waals surface area contributed by atoms with E-state index in [-0.39, 0.29) is 5.91 Å². The van der Waals surface area contributed by atoms with Crippen molar-refractivity contribution in [3.05, 3.63) is 29.8 Å². The highest BCUT2D eigenvalue weighted by atomic mass is 16.2. The molecule has 0 aliphatic heterocycles. The molecule has 5 heteroatoms. The van der Waals surface area contributed by atoms with Gasteiger partial charge in [0.2, 0.25) is 5.91 Å². The molecule has 18 heavy (non-hydrogen) atoms. The van der Waals surface area contributed by atoms with Crippen molar-refractivity contribution in [1.29, 1.82) is 0 Å². The number of nitrogens with one attached hydrogen (secondary N) is 2. The summed E-state index contributed by atoms with van der Waals surface area (Å²) in [6.45, 7) is 6.06. The van der Waals surface area contributed by atoms with Crippen molar-refractivity contribution >= 4 is 17.6 Å². The fourth-order valence-electron chi connectivity index (χ4n) is 1.30. The maximum absolute atomic E-state index is 11.7. The van der Waals surface area contributed by atoms with Crippen LogP contribution in [0.25, 0.3) is 0 Å². The van der Waals surface area contributed by atoms with E-state index in [9.17, 15) is 9.59 Å². The Morgan fingerprint density at radius 3 is 2.17 bits per heavy atom. The minimum absolute atomic E-state index is 0.00170. The lowest BCUT2D eigenvalue weighted by Gasteiger charge is -2.17. The molecule has 1 aromatic carbocycles. The number of amides is 3.